The summed E-state index contributed by atoms with van der Waals surface area (Å²) in [4.78, 5) is 16.6. The van der Waals surface area contributed by atoms with E-state index < -0.39 is 9.84 Å². The van der Waals surface area contributed by atoms with Crippen molar-refractivity contribution in [2.45, 2.75) is 6.92 Å². The molecule has 1 amide bonds. The van der Waals surface area contributed by atoms with Crippen molar-refractivity contribution in [3.8, 4) is 5.75 Å². The van der Waals surface area contributed by atoms with Gasteiger partial charge in [-0.1, -0.05) is 6.07 Å². The zero-order valence-corrected chi connectivity index (χ0v) is 16.6. The number of hydrogen-bond acceptors (Lipinski definition) is 7. The molecule has 1 aromatic carbocycles. The average molecular weight is 403 g/mol. The summed E-state index contributed by atoms with van der Waals surface area (Å²) < 4.78 is 29.4. The second kappa shape index (κ2) is 7.85. The number of anilines is 2. The average Bonchev–Trinajstić information content (AvgIpc) is 3.02. The van der Waals surface area contributed by atoms with E-state index in [0.29, 0.717) is 28.6 Å². The van der Waals surface area contributed by atoms with Crippen LogP contribution in [-0.4, -0.2) is 54.6 Å². The fourth-order valence-electron chi connectivity index (χ4n) is 2.55. The predicted molar refractivity (Wildman–Crippen MR) is 106 cm³/mol. The largest absolute Gasteiger partial charge is 0.495 e. The van der Waals surface area contributed by atoms with E-state index in [4.69, 9.17) is 4.74 Å². The number of nitrogens with zero attached hydrogens (tertiary/aromatic N) is 3. The molecule has 3 aromatic rings. The van der Waals surface area contributed by atoms with Crippen molar-refractivity contribution in [3.63, 3.8) is 0 Å². The van der Waals surface area contributed by atoms with Gasteiger partial charge < -0.3 is 15.4 Å². The van der Waals surface area contributed by atoms with Crippen molar-refractivity contribution in [1.82, 2.24) is 19.9 Å². The molecule has 2 aromatic heterocycles. The first-order chi connectivity index (χ1) is 13.2. The second-order valence-electron chi connectivity index (χ2n) is 6.37. The molecule has 0 saturated heterocycles. The number of methoxy groups -OCH3 is 1. The fourth-order valence-corrected chi connectivity index (χ4v) is 3.02. The summed E-state index contributed by atoms with van der Waals surface area (Å²) in [5.74, 6) is 0.337. The minimum atomic E-state index is -3.14. The molecule has 10 heteroatoms. The molecule has 3 rings (SSSR count). The van der Waals surface area contributed by atoms with Gasteiger partial charge >= 0.3 is 0 Å². The van der Waals surface area contributed by atoms with E-state index in [1.54, 1.807) is 22.7 Å². The lowest BCUT2D eigenvalue weighted by Crippen LogP contribution is -2.28. The highest BCUT2D eigenvalue weighted by Crippen LogP contribution is 2.28. The number of fused-ring (bicyclic) bond motifs is 1. The molecular formula is C18H21N5O4S. The SMILES string of the molecule is COc1cc(C(=O)NCCS(C)(=O)=O)ccc1Nc1nc2ccc(C)cn2n1. The molecule has 0 bridgehead atoms. The van der Waals surface area contributed by atoms with Gasteiger partial charge in [-0.3, -0.25) is 4.79 Å². The number of aromatic nitrogens is 3. The van der Waals surface area contributed by atoms with Gasteiger partial charge in [-0.25, -0.2) is 12.9 Å². The molecule has 0 fully saturated rings. The number of aryl methyl sites for hydroxylation is 1. The van der Waals surface area contributed by atoms with Crippen molar-refractivity contribution in [3.05, 3.63) is 47.7 Å². The zero-order valence-electron chi connectivity index (χ0n) is 15.8. The predicted octanol–water partition coefficient (Wildman–Crippen LogP) is 1.56. The number of rotatable bonds is 7. The van der Waals surface area contributed by atoms with E-state index in [2.05, 4.69) is 20.7 Å². The Hall–Kier alpha value is -3.14. The minimum absolute atomic E-state index is 0.0462. The first kappa shape index (κ1) is 19.6. The van der Waals surface area contributed by atoms with Crippen molar-refractivity contribution < 1.29 is 17.9 Å². The number of carbonyl (C=O) groups excluding carboxylic acids is 1. The van der Waals surface area contributed by atoms with Gasteiger partial charge in [0.25, 0.3) is 5.91 Å². The lowest BCUT2D eigenvalue weighted by molar-refractivity contribution is 0.0956. The molecule has 0 spiro atoms. The van der Waals surface area contributed by atoms with Crippen LogP contribution in [0.2, 0.25) is 0 Å². The van der Waals surface area contributed by atoms with Crippen LogP contribution in [0.1, 0.15) is 15.9 Å². The normalized spacial score (nSPS) is 11.4. The molecule has 148 valence electrons. The Morgan fingerprint density at radius 2 is 2.04 bits per heavy atom. The topological polar surface area (TPSA) is 115 Å². The number of carbonyl (C=O) groups is 1. The maximum Gasteiger partial charge on any atom is 0.251 e. The van der Waals surface area contributed by atoms with Crippen LogP contribution in [0, 0.1) is 6.92 Å². The fraction of sp³-hybridized carbons (Fsp3) is 0.278. The molecule has 0 aliphatic rings. The van der Waals surface area contributed by atoms with Gasteiger partial charge in [0.15, 0.2) is 5.65 Å². The van der Waals surface area contributed by atoms with E-state index in [9.17, 15) is 13.2 Å². The van der Waals surface area contributed by atoms with Crippen LogP contribution in [-0.2, 0) is 9.84 Å². The smallest absolute Gasteiger partial charge is 0.251 e. The van der Waals surface area contributed by atoms with Gasteiger partial charge in [-0.05, 0) is 36.8 Å². The number of sulfone groups is 1. The van der Waals surface area contributed by atoms with E-state index in [1.165, 1.54) is 7.11 Å². The molecule has 0 saturated carbocycles. The Labute approximate surface area is 162 Å². The van der Waals surface area contributed by atoms with Crippen molar-refractivity contribution in [1.29, 1.82) is 0 Å². The van der Waals surface area contributed by atoms with Crippen molar-refractivity contribution >= 4 is 33.0 Å². The standard InChI is InChI=1S/C18H21N5O4S/c1-12-4-7-16-21-18(22-23(16)11-12)20-14-6-5-13(10-15(14)27-2)17(24)19-8-9-28(3,25)26/h4-7,10-11H,8-9H2,1-3H3,(H,19,24)(H,20,22). The number of ether oxygens (including phenoxy) is 1. The van der Waals surface area contributed by atoms with E-state index >= 15 is 0 Å². The molecule has 0 atom stereocenters. The number of benzene rings is 1. The molecular weight excluding hydrogens is 382 g/mol. The van der Waals surface area contributed by atoms with Gasteiger partial charge in [0, 0.05) is 24.6 Å². The lowest BCUT2D eigenvalue weighted by Gasteiger charge is -2.11. The first-order valence-corrected chi connectivity index (χ1v) is 10.6. The summed E-state index contributed by atoms with van der Waals surface area (Å²) in [6.07, 6.45) is 2.99. The molecule has 0 aliphatic carbocycles. The maximum absolute atomic E-state index is 12.2. The maximum atomic E-state index is 12.2. The molecule has 0 radical (unpaired) electrons. The van der Waals surface area contributed by atoms with Gasteiger partial charge in [0.1, 0.15) is 15.6 Å². The highest BCUT2D eigenvalue weighted by molar-refractivity contribution is 7.90. The number of pyridine rings is 1. The summed E-state index contributed by atoms with van der Waals surface area (Å²) in [6, 6.07) is 8.68. The van der Waals surface area contributed by atoms with Crippen LogP contribution in [0.15, 0.2) is 36.5 Å². The lowest BCUT2D eigenvalue weighted by atomic mass is 10.1. The number of hydrogen-bond donors (Lipinski definition) is 2. The summed E-state index contributed by atoms with van der Waals surface area (Å²) in [6.45, 7) is 2.02. The summed E-state index contributed by atoms with van der Waals surface area (Å²) in [5, 5.41) is 10.0. The Bertz CT molecular complexity index is 1120. The van der Waals surface area contributed by atoms with Gasteiger partial charge in [-0.15, -0.1) is 5.10 Å². The summed E-state index contributed by atoms with van der Waals surface area (Å²) >= 11 is 0. The Morgan fingerprint density at radius 1 is 1.25 bits per heavy atom. The minimum Gasteiger partial charge on any atom is -0.495 e. The van der Waals surface area contributed by atoms with Crippen LogP contribution < -0.4 is 15.4 Å². The molecule has 2 N–H and O–H groups in total. The van der Waals surface area contributed by atoms with Crippen LogP contribution in [0.4, 0.5) is 11.6 Å². The highest BCUT2D eigenvalue weighted by atomic mass is 32.2. The summed E-state index contributed by atoms with van der Waals surface area (Å²) in [7, 11) is -1.64. The van der Waals surface area contributed by atoms with Gasteiger partial charge in [0.2, 0.25) is 5.95 Å². The Balaban J connectivity index is 1.75. The molecule has 28 heavy (non-hydrogen) atoms. The van der Waals surface area contributed by atoms with E-state index in [-0.39, 0.29) is 18.2 Å². The third-order valence-corrected chi connectivity index (χ3v) is 4.89. The number of amides is 1. The Morgan fingerprint density at radius 3 is 2.75 bits per heavy atom. The third kappa shape index (κ3) is 4.77. The van der Waals surface area contributed by atoms with Crippen molar-refractivity contribution in [2.75, 3.05) is 31.0 Å². The summed E-state index contributed by atoms with van der Waals surface area (Å²) in [5.41, 5.74) is 2.72. The molecule has 0 aliphatic heterocycles. The quantitative estimate of drug-likeness (QED) is 0.615. The van der Waals surface area contributed by atoms with Crippen LogP contribution in [0.5, 0.6) is 5.75 Å². The zero-order chi connectivity index (χ0) is 20.3. The second-order valence-corrected chi connectivity index (χ2v) is 8.63. The Kier molecular flexibility index (Phi) is 5.50. The van der Waals surface area contributed by atoms with E-state index in [1.807, 2.05) is 25.3 Å². The van der Waals surface area contributed by atoms with Gasteiger partial charge in [-0.2, -0.15) is 4.98 Å². The van der Waals surface area contributed by atoms with Crippen molar-refractivity contribution in [2.24, 2.45) is 0 Å². The first-order valence-electron chi connectivity index (χ1n) is 8.49. The highest BCUT2D eigenvalue weighted by Gasteiger charge is 2.13. The van der Waals surface area contributed by atoms with Crippen LogP contribution in [0.25, 0.3) is 5.65 Å². The molecule has 0 unspecified atom stereocenters. The molecule has 9 nitrogen and oxygen atoms in total. The monoisotopic (exact) mass is 403 g/mol. The van der Waals surface area contributed by atoms with Crippen LogP contribution in [0.3, 0.4) is 0 Å². The molecule has 2 heterocycles. The third-order valence-electron chi connectivity index (χ3n) is 3.95. The van der Waals surface area contributed by atoms with E-state index in [0.717, 1.165) is 11.8 Å². The van der Waals surface area contributed by atoms with Gasteiger partial charge in [0.05, 0.1) is 18.6 Å². The van der Waals surface area contributed by atoms with Crippen LogP contribution >= 0.6 is 0 Å². The number of nitrogens with one attached hydrogen (secondary N) is 2.